The maximum absolute atomic E-state index is 11.6. The van der Waals surface area contributed by atoms with E-state index in [1.807, 2.05) is 14.1 Å². The van der Waals surface area contributed by atoms with Gasteiger partial charge in [-0.2, -0.15) is 0 Å². The number of carbonyl (C=O) groups is 1. The van der Waals surface area contributed by atoms with Crippen LogP contribution in [-0.4, -0.2) is 33.1 Å². The van der Waals surface area contributed by atoms with E-state index in [4.69, 9.17) is 1.41 Å². The summed E-state index contributed by atoms with van der Waals surface area (Å²) in [5.41, 5.74) is 0. The van der Waals surface area contributed by atoms with Gasteiger partial charge in [-0.15, -0.1) is 0 Å². The van der Waals surface area contributed by atoms with Crippen molar-refractivity contribution < 1.29 is 11.1 Å². The first-order chi connectivity index (χ1) is 9.95. The Morgan fingerprint density at radius 2 is 1.50 bits per heavy atom. The molecule has 0 aromatic carbocycles. The molecule has 0 spiro atoms. The van der Waals surface area contributed by atoms with E-state index in [2.05, 4.69) is 12.2 Å². The van der Waals surface area contributed by atoms with Gasteiger partial charge in [-0.3, -0.25) is 4.79 Å². The molecule has 0 unspecified atom stereocenters. The highest BCUT2D eigenvalue weighted by Crippen LogP contribution is 2.10. The molecule has 1 amide bonds. The zero-order valence-electron chi connectivity index (χ0n) is 15.0. The van der Waals surface area contributed by atoms with Gasteiger partial charge >= 0.3 is 1.41 Å². The van der Waals surface area contributed by atoms with Crippen LogP contribution in [0.15, 0.2) is 0 Å². The van der Waals surface area contributed by atoms with Gasteiger partial charge in [-0.05, 0) is 6.42 Å². The lowest BCUT2D eigenvalue weighted by Crippen LogP contribution is -3.05. The SMILES string of the molecule is [2H][N+](C)(C)CCCNC(=O)CCCCCCCCCCC. The summed E-state index contributed by atoms with van der Waals surface area (Å²) in [5.74, 6) is 0.174. The van der Waals surface area contributed by atoms with E-state index in [-0.39, 0.29) is 10.8 Å². The van der Waals surface area contributed by atoms with Gasteiger partial charge in [-0.25, -0.2) is 0 Å². The summed E-state index contributed by atoms with van der Waals surface area (Å²) in [5, 5.41) is 2.95. The second kappa shape index (κ2) is 14.8. The Morgan fingerprint density at radius 3 is 2.05 bits per heavy atom. The van der Waals surface area contributed by atoms with Crippen LogP contribution in [0.2, 0.25) is 1.41 Å². The van der Waals surface area contributed by atoms with E-state index in [9.17, 15) is 4.79 Å². The van der Waals surface area contributed by atoms with Crippen LogP contribution in [-0.2, 0) is 4.79 Å². The van der Waals surface area contributed by atoms with E-state index in [1.165, 1.54) is 51.4 Å². The first-order valence-electron chi connectivity index (χ1n) is 9.03. The molecule has 0 saturated carbocycles. The summed E-state index contributed by atoms with van der Waals surface area (Å²) in [4.78, 5) is 11.8. The maximum atomic E-state index is 11.6. The van der Waals surface area contributed by atoms with E-state index in [0.717, 1.165) is 19.4 Å². The molecular weight excluding hydrogens is 248 g/mol. The average Bonchev–Trinajstić information content (AvgIpc) is 2.41. The molecule has 0 aromatic rings. The van der Waals surface area contributed by atoms with Crippen LogP contribution in [0.1, 0.15) is 77.6 Å². The van der Waals surface area contributed by atoms with Crippen LogP contribution >= 0.6 is 0 Å². The highest BCUT2D eigenvalue weighted by molar-refractivity contribution is 5.75. The Hall–Kier alpha value is -0.570. The van der Waals surface area contributed by atoms with Crippen molar-refractivity contribution in [3.8, 4) is 0 Å². The van der Waals surface area contributed by atoms with Crippen molar-refractivity contribution >= 4 is 5.91 Å². The lowest BCUT2D eigenvalue weighted by molar-refractivity contribution is -0.858. The van der Waals surface area contributed by atoms with Gasteiger partial charge in [-0.1, -0.05) is 58.3 Å². The predicted molar refractivity (Wildman–Crippen MR) is 87.1 cm³/mol. The molecule has 2 N–H and O–H groups in total. The fraction of sp³-hybridized carbons (Fsp3) is 0.941. The number of nitrogens with one attached hydrogen (secondary N) is 2. The fourth-order valence-corrected chi connectivity index (χ4v) is 2.31. The summed E-state index contributed by atoms with van der Waals surface area (Å²) in [6.45, 7) is 3.73. The summed E-state index contributed by atoms with van der Waals surface area (Å²) in [7, 11) is 3.70. The molecule has 0 aliphatic carbocycles. The Morgan fingerprint density at radius 1 is 0.950 bits per heavy atom. The first-order valence-corrected chi connectivity index (χ1v) is 8.58. The molecule has 0 fully saturated rings. The van der Waals surface area contributed by atoms with Crippen LogP contribution in [0.4, 0.5) is 0 Å². The molecule has 0 atom stereocenters. The van der Waals surface area contributed by atoms with Gasteiger partial charge in [0.15, 0.2) is 0 Å². The largest absolute Gasteiger partial charge is 0.356 e. The number of hydrogen-bond acceptors (Lipinski definition) is 1. The molecule has 0 aliphatic rings. The van der Waals surface area contributed by atoms with Gasteiger partial charge < -0.3 is 10.2 Å². The molecule has 120 valence electrons. The Kier molecular flexibility index (Phi) is 13.0. The summed E-state index contributed by atoms with van der Waals surface area (Å²) in [6, 6.07) is 0. The molecule has 0 rings (SSSR count). The minimum Gasteiger partial charge on any atom is -0.356 e. The van der Waals surface area contributed by atoms with Crippen LogP contribution in [0.5, 0.6) is 0 Å². The van der Waals surface area contributed by atoms with Gasteiger partial charge in [0.2, 0.25) is 5.91 Å². The van der Waals surface area contributed by atoms with Crippen molar-refractivity contribution in [2.75, 3.05) is 27.2 Å². The monoisotopic (exact) mass is 286 g/mol. The average molecular weight is 287 g/mol. The lowest BCUT2D eigenvalue weighted by atomic mass is 10.1. The van der Waals surface area contributed by atoms with Crippen molar-refractivity contribution in [3.05, 3.63) is 0 Å². The van der Waals surface area contributed by atoms with E-state index in [0.29, 0.717) is 13.0 Å². The molecule has 20 heavy (non-hydrogen) atoms. The number of quaternary nitrogens is 1. The highest BCUT2D eigenvalue weighted by atomic mass is 16.1. The van der Waals surface area contributed by atoms with Crippen LogP contribution in [0.3, 0.4) is 0 Å². The van der Waals surface area contributed by atoms with Crippen molar-refractivity contribution in [3.63, 3.8) is 0 Å². The molecular formula is C17H37N2O+. The second-order valence-electron chi connectivity index (χ2n) is 6.09. The van der Waals surface area contributed by atoms with Crippen molar-refractivity contribution in [2.24, 2.45) is 0 Å². The quantitative estimate of drug-likeness (QED) is 0.473. The van der Waals surface area contributed by atoms with Gasteiger partial charge in [0.1, 0.15) is 0 Å². The first kappa shape index (κ1) is 17.5. The zero-order valence-corrected chi connectivity index (χ0v) is 14.0. The van der Waals surface area contributed by atoms with Crippen molar-refractivity contribution in [1.29, 1.82) is 0 Å². The number of unbranched alkanes of at least 4 members (excludes halogenated alkanes) is 8. The van der Waals surface area contributed by atoms with Gasteiger partial charge in [0.05, 0.1) is 20.6 Å². The third-order valence-electron chi connectivity index (χ3n) is 3.61. The predicted octanol–water partition coefficient (Wildman–Crippen LogP) is 2.56. The van der Waals surface area contributed by atoms with E-state index < -0.39 is 0 Å². The number of hydrogen-bond donors (Lipinski definition) is 2. The van der Waals surface area contributed by atoms with Crippen molar-refractivity contribution in [2.45, 2.75) is 77.6 Å². The molecule has 3 heteroatoms. The topological polar surface area (TPSA) is 33.5 Å². The lowest BCUT2D eigenvalue weighted by Gasteiger charge is -2.08. The van der Waals surface area contributed by atoms with Crippen LogP contribution in [0.25, 0.3) is 0 Å². The molecule has 3 nitrogen and oxygen atoms in total. The molecule has 0 heterocycles. The Bertz CT molecular complexity index is 252. The van der Waals surface area contributed by atoms with Crippen LogP contribution in [0, 0.1) is 0 Å². The van der Waals surface area contributed by atoms with Gasteiger partial charge in [0.25, 0.3) is 0 Å². The Balaban J connectivity index is 3.23. The molecule has 0 saturated heterocycles. The molecule has 0 radical (unpaired) electrons. The highest BCUT2D eigenvalue weighted by Gasteiger charge is 2.01. The fourth-order valence-electron chi connectivity index (χ4n) is 2.31. The van der Waals surface area contributed by atoms with Gasteiger partial charge in [0, 0.05) is 19.4 Å². The molecule has 0 aromatic heterocycles. The smallest absolute Gasteiger partial charge is 0.347 e. The number of carbonyl (C=O) groups excluding carboxylic acids is 1. The molecule has 0 bridgehead atoms. The maximum Gasteiger partial charge on any atom is 0.347 e. The van der Waals surface area contributed by atoms with E-state index in [1.54, 1.807) is 0 Å². The third kappa shape index (κ3) is 15.5. The number of amides is 1. The standard InChI is InChI=1S/C17H36N2O/c1-4-5-6-7-8-9-10-11-12-14-17(20)18-15-13-16-19(2)3/h4-16H2,1-3H3,(H,18,20)/p+1/i/hD. The second-order valence-corrected chi connectivity index (χ2v) is 6.09. The number of rotatable bonds is 14. The molecule has 0 aliphatic heterocycles. The summed E-state index contributed by atoms with van der Waals surface area (Å²) >= 11 is 0. The zero-order chi connectivity index (χ0) is 16.0. The third-order valence-corrected chi connectivity index (χ3v) is 3.61. The normalized spacial score (nSPS) is 12.2. The minimum atomic E-state index is 0.174. The minimum absolute atomic E-state index is 0.174. The van der Waals surface area contributed by atoms with Crippen LogP contribution < -0.4 is 10.2 Å². The van der Waals surface area contributed by atoms with E-state index >= 15 is 0 Å². The Labute approximate surface area is 128 Å². The summed E-state index contributed by atoms with van der Waals surface area (Å²) in [6.07, 6.45) is 13.1. The summed E-state index contributed by atoms with van der Waals surface area (Å²) < 4.78 is 7.67. The van der Waals surface area contributed by atoms with Crippen molar-refractivity contribution in [1.82, 2.24) is 5.32 Å².